The second-order valence-corrected chi connectivity index (χ2v) is 4.94. The van der Waals surface area contributed by atoms with Crippen LogP contribution in [0.1, 0.15) is 40.0 Å². The molecule has 3 heteroatoms. The SMILES string of the molecule is CC1CCC(C(C)C)C(NC(N)=O)C1. The smallest absolute Gasteiger partial charge is 0.312 e. The third kappa shape index (κ3) is 2.89. The highest BCUT2D eigenvalue weighted by molar-refractivity contribution is 5.72. The number of urea groups is 1. The van der Waals surface area contributed by atoms with Crippen LogP contribution in [0.5, 0.6) is 0 Å². The number of nitrogens with one attached hydrogen (secondary N) is 1. The zero-order chi connectivity index (χ0) is 10.7. The summed E-state index contributed by atoms with van der Waals surface area (Å²) in [5, 5.41) is 2.88. The van der Waals surface area contributed by atoms with Gasteiger partial charge in [-0.1, -0.05) is 27.2 Å². The maximum Gasteiger partial charge on any atom is 0.312 e. The summed E-state index contributed by atoms with van der Waals surface area (Å²) in [4.78, 5) is 10.9. The van der Waals surface area contributed by atoms with Crippen molar-refractivity contribution < 1.29 is 4.79 Å². The molecule has 0 aromatic rings. The van der Waals surface area contributed by atoms with Gasteiger partial charge in [0, 0.05) is 6.04 Å². The van der Waals surface area contributed by atoms with E-state index >= 15 is 0 Å². The van der Waals surface area contributed by atoms with Gasteiger partial charge in [-0.3, -0.25) is 0 Å². The Labute approximate surface area is 86.4 Å². The van der Waals surface area contributed by atoms with E-state index in [9.17, 15) is 4.79 Å². The topological polar surface area (TPSA) is 55.1 Å². The molecule has 0 heterocycles. The molecule has 1 fully saturated rings. The number of rotatable bonds is 2. The second-order valence-electron chi connectivity index (χ2n) is 4.94. The van der Waals surface area contributed by atoms with Crippen LogP contribution >= 0.6 is 0 Å². The molecule has 3 unspecified atom stereocenters. The molecule has 0 spiro atoms. The van der Waals surface area contributed by atoms with Crippen molar-refractivity contribution in [3.8, 4) is 0 Å². The van der Waals surface area contributed by atoms with Crippen molar-refractivity contribution in [3.63, 3.8) is 0 Å². The summed E-state index contributed by atoms with van der Waals surface area (Å²) in [6, 6.07) is -0.0917. The minimum Gasteiger partial charge on any atom is -0.352 e. The summed E-state index contributed by atoms with van der Waals surface area (Å²) in [6.07, 6.45) is 3.56. The standard InChI is InChI=1S/C11H22N2O/c1-7(2)9-5-4-8(3)6-10(9)13-11(12)14/h7-10H,4-6H2,1-3H3,(H3,12,13,14). The van der Waals surface area contributed by atoms with Crippen molar-refractivity contribution in [1.82, 2.24) is 5.32 Å². The second kappa shape index (κ2) is 4.67. The van der Waals surface area contributed by atoms with Crippen LogP contribution in [0.25, 0.3) is 0 Å². The van der Waals surface area contributed by atoms with Gasteiger partial charge in [-0.2, -0.15) is 0 Å². The van der Waals surface area contributed by atoms with Gasteiger partial charge in [-0.15, -0.1) is 0 Å². The van der Waals surface area contributed by atoms with E-state index in [-0.39, 0.29) is 12.1 Å². The molecule has 1 aliphatic rings. The maximum absolute atomic E-state index is 10.9. The van der Waals surface area contributed by atoms with Gasteiger partial charge >= 0.3 is 6.03 Å². The van der Waals surface area contributed by atoms with Crippen molar-refractivity contribution in [2.45, 2.75) is 46.1 Å². The first kappa shape index (κ1) is 11.3. The number of nitrogens with two attached hydrogens (primary N) is 1. The zero-order valence-electron chi connectivity index (χ0n) is 9.42. The molecule has 82 valence electrons. The summed E-state index contributed by atoms with van der Waals surface area (Å²) < 4.78 is 0. The Hall–Kier alpha value is -0.730. The highest BCUT2D eigenvalue weighted by Crippen LogP contribution is 2.33. The highest BCUT2D eigenvalue weighted by atomic mass is 16.2. The lowest BCUT2D eigenvalue weighted by Crippen LogP contribution is -2.47. The number of carbonyl (C=O) groups excluding carboxylic acids is 1. The molecule has 0 bridgehead atoms. The molecule has 1 rings (SSSR count). The summed E-state index contributed by atoms with van der Waals surface area (Å²) in [5.41, 5.74) is 5.18. The van der Waals surface area contributed by atoms with Crippen LogP contribution in [0.15, 0.2) is 0 Å². The number of carbonyl (C=O) groups is 1. The Morgan fingerprint density at radius 3 is 2.57 bits per heavy atom. The van der Waals surface area contributed by atoms with Gasteiger partial charge < -0.3 is 11.1 Å². The molecular formula is C11H22N2O. The highest BCUT2D eigenvalue weighted by Gasteiger charge is 2.31. The predicted molar refractivity (Wildman–Crippen MR) is 57.9 cm³/mol. The molecule has 2 amide bonds. The lowest BCUT2D eigenvalue weighted by molar-refractivity contribution is 0.171. The van der Waals surface area contributed by atoms with Crippen LogP contribution in [-0.4, -0.2) is 12.1 Å². The molecule has 0 aliphatic heterocycles. The van der Waals surface area contributed by atoms with E-state index in [2.05, 4.69) is 26.1 Å². The van der Waals surface area contributed by atoms with Gasteiger partial charge in [-0.25, -0.2) is 4.79 Å². The van der Waals surface area contributed by atoms with E-state index in [0.717, 1.165) is 6.42 Å². The Kier molecular flexibility index (Phi) is 3.78. The number of hydrogen-bond acceptors (Lipinski definition) is 1. The minimum absolute atomic E-state index is 0.288. The van der Waals surface area contributed by atoms with E-state index in [1.807, 2.05) is 0 Å². The summed E-state index contributed by atoms with van der Waals surface area (Å²) in [5.74, 6) is 1.93. The molecule has 14 heavy (non-hydrogen) atoms. The first-order valence-electron chi connectivity index (χ1n) is 5.56. The van der Waals surface area contributed by atoms with Crippen LogP contribution in [0, 0.1) is 17.8 Å². The van der Waals surface area contributed by atoms with E-state index < -0.39 is 0 Å². The van der Waals surface area contributed by atoms with Crippen LogP contribution in [0.2, 0.25) is 0 Å². The fourth-order valence-corrected chi connectivity index (χ4v) is 2.55. The third-order valence-electron chi connectivity index (χ3n) is 3.35. The molecule has 3 N–H and O–H groups in total. The molecule has 1 saturated carbocycles. The van der Waals surface area contributed by atoms with Crippen molar-refractivity contribution in [1.29, 1.82) is 0 Å². The molecule has 0 aromatic heterocycles. The Morgan fingerprint density at radius 2 is 2.07 bits per heavy atom. The normalized spacial score (nSPS) is 33.0. The van der Waals surface area contributed by atoms with Crippen LogP contribution in [0.4, 0.5) is 4.79 Å². The largest absolute Gasteiger partial charge is 0.352 e. The summed E-state index contributed by atoms with van der Waals surface area (Å²) >= 11 is 0. The first-order valence-corrected chi connectivity index (χ1v) is 5.56. The van der Waals surface area contributed by atoms with Crippen molar-refractivity contribution >= 4 is 6.03 Å². The average Bonchev–Trinajstić information content (AvgIpc) is 2.01. The lowest BCUT2D eigenvalue weighted by Gasteiger charge is -2.37. The monoisotopic (exact) mass is 198 g/mol. The molecule has 3 nitrogen and oxygen atoms in total. The zero-order valence-corrected chi connectivity index (χ0v) is 9.42. The maximum atomic E-state index is 10.9. The van der Waals surface area contributed by atoms with Gasteiger partial charge in [0.25, 0.3) is 0 Å². The van der Waals surface area contributed by atoms with Gasteiger partial charge in [0.05, 0.1) is 0 Å². The molecule has 0 radical (unpaired) electrons. The molecule has 1 aliphatic carbocycles. The molecule has 0 saturated heterocycles. The van der Waals surface area contributed by atoms with E-state index in [0.29, 0.717) is 17.8 Å². The Morgan fingerprint density at radius 1 is 1.43 bits per heavy atom. The van der Waals surface area contributed by atoms with Crippen LogP contribution in [0.3, 0.4) is 0 Å². The summed E-state index contributed by atoms with van der Waals surface area (Å²) in [7, 11) is 0. The molecular weight excluding hydrogens is 176 g/mol. The Bertz CT molecular complexity index is 203. The van der Waals surface area contributed by atoms with Crippen molar-refractivity contribution in [2.75, 3.05) is 0 Å². The Balaban J connectivity index is 2.58. The number of primary amides is 1. The van der Waals surface area contributed by atoms with Gasteiger partial charge in [0.1, 0.15) is 0 Å². The fraction of sp³-hybridized carbons (Fsp3) is 0.909. The van der Waals surface area contributed by atoms with E-state index in [4.69, 9.17) is 5.73 Å². The van der Waals surface area contributed by atoms with Crippen LogP contribution < -0.4 is 11.1 Å². The average molecular weight is 198 g/mol. The van der Waals surface area contributed by atoms with E-state index in [1.54, 1.807) is 0 Å². The van der Waals surface area contributed by atoms with E-state index in [1.165, 1.54) is 12.8 Å². The number of hydrogen-bond donors (Lipinski definition) is 2. The molecule has 0 aromatic carbocycles. The van der Waals surface area contributed by atoms with Crippen molar-refractivity contribution in [2.24, 2.45) is 23.5 Å². The lowest BCUT2D eigenvalue weighted by atomic mass is 9.74. The van der Waals surface area contributed by atoms with Crippen LogP contribution in [-0.2, 0) is 0 Å². The first-order chi connectivity index (χ1) is 6.50. The summed E-state index contributed by atoms with van der Waals surface area (Å²) in [6.45, 7) is 6.68. The predicted octanol–water partition coefficient (Wildman–Crippen LogP) is 2.12. The van der Waals surface area contributed by atoms with Gasteiger partial charge in [-0.05, 0) is 30.6 Å². The quantitative estimate of drug-likeness (QED) is 0.701. The molecule has 3 atom stereocenters. The van der Waals surface area contributed by atoms with Gasteiger partial charge in [0.15, 0.2) is 0 Å². The third-order valence-corrected chi connectivity index (χ3v) is 3.35. The van der Waals surface area contributed by atoms with Gasteiger partial charge in [0.2, 0.25) is 0 Å². The van der Waals surface area contributed by atoms with Crippen molar-refractivity contribution in [3.05, 3.63) is 0 Å². The number of amides is 2. The fourth-order valence-electron chi connectivity index (χ4n) is 2.55. The minimum atomic E-state index is -0.380.